The van der Waals surface area contributed by atoms with E-state index < -0.39 is 0 Å². The Morgan fingerprint density at radius 3 is 2.41 bits per heavy atom. The third-order valence-corrected chi connectivity index (χ3v) is 6.01. The van der Waals surface area contributed by atoms with Crippen LogP contribution in [0.15, 0.2) is 24.3 Å². The van der Waals surface area contributed by atoms with Crippen molar-refractivity contribution in [1.29, 1.82) is 0 Å². The van der Waals surface area contributed by atoms with Crippen LogP contribution in [0.5, 0.6) is 0 Å². The zero-order valence-corrected chi connectivity index (χ0v) is 17.5. The molecule has 0 bridgehead atoms. The van der Waals surface area contributed by atoms with E-state index in [2.05, 4.69) is 40.9 Å². The van der Waals surface area contributed by atoms with Crippen LogP contribution in [-0.4, -0.2) is 69.4 Å². The minimum atomic E-state index is -0.373. The van der Waals surface area contributed by atoms with E-state index in [9.17, 15) is 4.39 Å². The molecule has 0 amide bonds. The number of nitrogens with zero attached hydrogens (tertiary/aromatic N) is 4. The van der Waals surface area contributed by atoms with E-state index in [0.29, 0.717) is 19.3 Å². The van der Waals surface area contributed by atoms with Crippen molar-refractivity contribution < 1.29 is 9.13 Å². The van der Waals surface area contributed by atoms with E-state index in [1.165, 1.54) is 6.07 Å². The van der Waals surface area contributed by atoms with Crippen molar-refractivity contribution in [2.24, 2.45) is 0 Å². The predicted molar refractivity (Wildman–Crippen MR) is 116 cm³/mol. The maximum atomic E-state index is 13.9. The first-order valence-electron chi connectivity index (χ1n) is 10.2. The summed E-state index contributed by atoms with van der Waals surface area (Å²) >= 11 is 0. The number of aromatic nitrogens is 1. The molecule has 1 aromatic heterocycles. The fourth-order valence-corrected chi connectivity index (χ4v) is 4.15. The van der Waals surface area contributed by atoms with Crippen molar-refractivity contribution in [3.63, 3.8) is 0 Å². The van der Waals surface area contributed by atoms with Gasteiger partial charge >= 0.3 is 0 Å². The monoisotopic (exact) mass is 399 g/mol. The molecule has 0 saturated carbocycles. The van der Waals surface area contributed by atoms with Gasteiger partial charge in [0.15, 0.2) is 0 Å². The van der Waals surface area contributed by atoms with Crippen LogP contribution in [-0.2, 0) is 4.74 Å². The number of hydrogen-bond donors (Lipinski definition) is 1. The van der Waals surface area contributed by atoms with E-state index in [1.807, 2.05) is 6.92 Å². The second-order valence-corrected chi connectivity index (χ2v) is 8.21. The van der Waals surface area contributed by atoms with Gasteiger partial charge in [-0.1, -0.05) is 0 Å². The summed E-state index contributed by atoms with van der Waals surface area (Å²) in [5.74, 6) is 1.54. The third-order valence-electron chi connectivity index (χ3n) is 6.01. The lowest BCUT2D eigenvalue weighted by atomic mass is 10.00. The van der Waals surface area contributed by atoms with Crippen molar-refractivity contribution >= 4 is 17.3 Å². The van der Waals surface area contributed by atoms with Gasteiger partial charge in [-0.25, -0.2) is 9.37 Å². The molecule has 2 aromatic rings. The van der Waals surface area contributed by atoms with Gasteiger partial charge in [-0.2, -0.15) is 0 Å². The number of nitrogens with two attached hydrogens (primary N) is 1. The minimum absolute atomic E-state index is 0.172. The molecule has 0 aliphatic carbocycles. The zero-order valence-electron chi connectivity index (χ0n) is 17.5. The van der Waals surface area contributed by atoms with Crippen LogP contribution in [0.1, 0.15) is 12.0 Å². The predicted octanol–water partition coefficient (Wildman–Crippen LogP) is 2.76. The van der Waals surface area contributed by atoms with E-state index in [-0.39, 0.29) is 11.5 Å². The molecular weight excluding hydrogens is 369 g/mol. The fourth-order valence-electron chi connectivity index (χ4n) is 4.15. The van der Waals surface area contributed by atoms with E-state index in [0.717, 1.165) is 60.9 Å². The second-order valence-electron chi connectivity index (χ2n) is 8.21. The largest absolute Gasteiger partial charge is 0.396 e. The first-order chi connectivity index (χ1) is 13.9. The molecule has 1 aromatic carbocycles. The van der Waals surface area contributed by atoms with Crippen LogP contribution in [0.25, 0.3) is 11.1 Å². The van der Waals surface area contributed by atoms with Crippen LogP contribution < -0.4 is 15.5 Å². The molecule has 1 atom stereocenters. The number of aryl methyl sites for hydroxylation is 1. The summed E-state index contributed by atoms with van der Waals surface area (Å²) in [6, 6.07) is 7.97. The molecule has 3 heterocycles. The molecule has 0 unspecified atom stereocenters. The second kappa shape index (κ2) is 8.16. The average Bonchev–Trinajstić information content (AvgIpc) is 3.22. The summed E-state index contributed by atoms with van der Waals surface area (Å²) < 4.78 is 19.4. The molecule has 0 radical (unpaired) electrons. The van der Waals surface area contributed by atoms with Crippen molar-refractivity contribution in [2.75, 3.05) is 69.0 Å². The topological polar surface area (TPSA) is 57.9 Å². The highest BCUT2D eigenvalue weighted by molar-refractivity contribution is 5.76. The number of ether oxygens (including phenoxy) is 1. The average molecular weight is 400 g/mol. The van der Waals surface area contributed by atoms with Crippen molar-refractivity contribution in [3.8, 4) is 11.1 Å². The summed E-state index contributed by atoms with van der Waals surface area (Å²) in [7, 11) is 4.25. The van der Waals surface area contributed by atoms with Gasteiger partial charge in [0.25, 0.3) is 0 Å². The number of halogens is 1. The number of nitrogen functional groups attached to an aromatic ring is 1. The van der Waals surface area contributed by atoms with Crippen LogP contribution >= 0.6 is 0 Å². The van der Waals surface area contributed by atoms with Crippen LogP contribution in [0.2, 0.25) is 0 Å². The van der Waals surface area contributed by atoms with Gasteiger partial charge in [0.1, 0.15) is 17.5 Å². The highest BCUT2D eigenvalue weighted by Crippen LogP contribution is 2.33. The Kier molecular flexibility index (Phi) is 5.61. The van der Waals surface area contributed by atoms with Gasteiger partial charge in [-0.05, 0) is 68.4 Å². The maximum Gasteiger partial charge on any atom is 0.146 e. The van der Waals surface area contributed by atoms with Crippen LogP contribution in [0, 0.1) is 12.7 Å². The van der Waals surface area contributed by atoms with E-state index in [4.69, 9.17) is 15.5 Å². The first-order valence-corrected chi connectivity index (χ1v) is 10.2. The van der Waals surface area contributed by atoms with Gasteiger partial charge in [0, 0.05) is 32.2 Å². The molecule has 2 saturated heterocycles. The zero-order chi connectivity index (χ0) is 20.5. The summed E-state index contributed by atoms with van der Waals surface area (Å²) in [6.45, 7) is 6.90. The Balaban J connectivity index is 1.75. The number of benzene rings is 1. The lowest BCUT2D eigenvalue weighted by Gasteiger charge is -2.30. The number of hydrogen-bond acceptors (Lipinski definition) is 6. The molecule has 156 valence electrons. The fraction of sp³-hybridized carbons (Fsp3) is 0.500. The molecule has 4 rings (SSSR count). The number of anilines is 3. The molecule has 0 spiro atoms. The summed E-state index contributed by atoms with van der Waals surface area (Å²) in [5.41, 5.74) is 8.90. The summed E-state index contributed by atoms with van der Waals surface area (Å²) in [4.78, 5) is 11.9. The van der Waals surface area contributed by atoms with Gasteiger partial charge in [-0.3, -0.25) is 0 Å². The van der Waals surface area contributed by atoms with E-state index >= 15 is 0 Å². The third kappa shape index (κ3) is 4.16. The Morgan fingerprint density at radius 2 is 1.76 bits per heavy atom. The highest BCUT2D eigenvalue weighted by Gasteiger charge is 2.26. The van der Waals surface area contributed by atoms with Crippen molar-refractivity contribution in [1.82, 2.24) is 9.88 Å². The van der Waals surface area contributed by atoms with Gasteiger partial charge < -0.3 is 25.2 Å². The van der Waals surface area contributed by atoms with Crippen LogP contribution in [0.4, 0.5) is 21.7 Å². The quantitative estimate of drug-likeness (QED) is 0.798. The van der Waals surface area contributed by atoms with Crippen molar-refractivity contribution in [3.05, 3.63) is 35.6 Å². The number of rotatable bonds is 4. The maximum absolute atomic E-state index is 13.9. The molecule has 2 fully saturated rings. The van der Waals surface area contributed by atoms with Crippen LogP contribution in [0.3, 0.4) is 0 Å². The molecular formula is C22H30FN5O. The Hall–Kier alpha value is -2.38. The highest BCUT2D eigenvalue weighted by atomic mass is 19.1. The number of likely N-dealkylation sites (N-methyl/N-ethyl adjacent to an activating group) is 1. The van der Waals surface area contributed by atoms with Gasteiger partial charge in [0.2, 0.25) is 0 Å². The first kappa shape index (κ1) is 19.9. The van der Waals surface area contributed by atoms with Gasteiger partial charge in [-0.15, -0.1) is 0 Å². The molecule has 2 aliphatic heterocycles. The van der Waals surface area contributed by atoms with Crippen molar-refractivity contribution in [2.45, 2.75) is 19.4 Å². The summed E-state index contributed by atoms with van der Waals surface area (Å²) in [6.07, 6.45) is 1.12. The standard InChI is InChI=1S/C22H30FN5O/c1-15-10-19(23)20(24)13-18(15)16-11-21(27-6-8-29-9-7-27)25-22(12-16)28-5-4-17(14-28)26(2)3/h10-13,17H,4-9,14,24H2,1-3H3/t17-/m0/s1. The van der Waals surface area contributed by atoms with E-state index in [1.54, 1.807) is 6.07 Å². The molecule has 2 aliphatic rings. The summed E-state index contributed by atoms with van der Waals surface area (Å²) in [5, 5.41) is 0. The Labute approximate surface area is 172 Å². The molecule has 7 heteroatoms. The molecule has 2 N–H and O–H groups in total. The Bertz CT molecular complexity index is 882. The minimum Gasteiger partial charge on any atom is -0.396 e. The molecule has 29 heavy (non-hydrogen) atoms. The number of morpholine rings is 1. The Morgan fingerprint density at radius 1 is 1.07 bits per heavy atom. The van der Waals surface area contributed by atoms with Gasteiger partial charge in [0.05, 0.1) is 18.9 Å². The smallest absolute Gasteiger partial charge is 0.146 e. The lowest BCUT2D eigenvalue weighted by Crippen LogP contribution is -2.37. The normalized spacial score (nSPS) is 20.0. The SMILES string of the molecule is Cc1cc(F)c(N)cc1-c1cc(N2CCOCC2)nc(N2CC[C@H](N(C)C)C2)c1. The molecule has 6 nitrogen and oxygen atoms in total. The number of pyridine rings is 1. The lowest BCUT2D eigenvalue weighted by molar-refractivity contribution is 0.122.